The smallest absolute Gasteiger partial charge is 0.270 e. The van der Waals surface area contributed by atoms with Crippen LogP contribution in [-0.2, 0) is 0 Å². The van der Waals surface area contributed by atoms with Crippen LogP contribution < -0.4 is 0 Å². The highest BCUT2D eigenvalue weighted by Crippen LogP contribution is 2.32. The number of imidazole rings is 1. The summed E-state index contributed by atoms with van der Waals surface area (Å²) < 4.78 is 15.2. The molecule has 0 saturated carbocycles. The first-order valence-corrected chi connectivity index (χ1v) is 8.59. The van der Waals surface area contributed by atoms with Crippen molar-refractivity contribution in [3.63, 3.8) is 0 Å². The van der Waals surface area contributed by atoms with E-state index in [1.807, 2.05) is 4.57 Å². The van der Waals surface area contributed by atoms with Crippen molar-refractivity contribution in [2.45, 2.75) is 24.3 Å². The van der Waals surface area contributed by atoms with Gasteiger partial charge in [0, 0.05) is 28.6 Å². The molecule has 1 aromatic heterocycles. The van der Waals surface area contributed by atoms with Gasteiger partial charge in [0.2, 0.25) is 0 Å². The number of hydrogen-bond donors (Lipinski definition) is 0. The van der Waals surface area contributed by atoms with Crippen molar-refractivity contribution < 1.29 is 9.31 Å². The third-order valence-electron chi connectivity index (χ3n) is 3.51. The molecule has 7 heteroatoms. The zero-order chi connectivity index (χ0) is 18.0. The van der Waals surface area contributed by atoms with E-state index in [1.165, 1.54) is 24.3 Å². The summed E-state index contributed by atoms with van der Waals surface area (Å²) >= 11 is 1.57. The van der Waals surface area contributed by atoms with Gasteiger partial charge in [-0.3, -0.25) is 14.7 Å². The van der Waals surface area contributed by atoms with Crippen molar-refractivity contribution in [1.82, 2.24) is 9.55 Å². The minimum Gasteiger partial charge on any atom is -0.287 e. The molecule has 0 unspecified atom stereocenters. The summed E-state index contributed by atoms with van der Waals surface area (Å²) in [5.41, 5.74) is 2.17. The minimum absolute atomic E-state index is 0.0161. The first-order chi connectivity index (χ1) is 12.0. The van der Waals surface area contributed by atoms with Gasteiger partial charge in [-0.1, -0.05) is 37.7 Å². The molecule has 0 aliphatic carbocycles. The van der Waals surface area contributed by atoms with Gasteiger partial charge >= 0.3 is 0 Å². The zero-order valence-corrected chi connectivity index (χ0v) is 14.5. The van der Waals surface area contributed by atoms with Gasteiger partial charge in [0.15, 0.2) is 5.16 Å². The summed E-state index contributed by atoms with van der Waals surface area (Å²) in [6.45, 7) is 4.11. The number of hydrogen-bond acceptors (Lipinski definition) is 4. The van der Waals surface area contributed by atoms with Crippen molar-refractivity contribution in [2.75, 3.05) is 0 Å². The Bertz CT molecular complexity index is 907. The van der Waals surface area contributed by atoms with Crippen LogP contribution in [-0.4, -0.2) is 19.7 Å². The third kappa shape index (κ3) is 3.71. The van der Waals surface area contributed by atoms with Crippen LogP contribution in [0.3, 0.4) is 0 Å². The second-order valence-electron chi connectivity index (χ2n) is 5.71. The van der Waals surface area contributed by atoms with Crippen molar-refractivity contribution >= 4 is 17.4 Å². The molecule has 0 aliphatic rings. The lowest BCUT2D eigenvalue weighted by Crippen LogP contribution is -2.01. The molecular weight excluding hydrogens is 341 g/mol. The molecule has 2 aromatic carbocycles. The van der Waals surface area contributed by atoms with Gasteiger partial charge in [-0.2, -0.15) is 0 Å². The van der Waals surface area contributed by atoms with Gasteiger partial charge < -0.3 is 0 Å². The van der Waals surface area contributed by atoms with E-state index >= 15 is 0 Å². The Balaban J connectivity index is 2.17. The van der Waals surface area contributed by atoms with Crippen LogP contribution in [0.2, 0.25) is 0 Å². The molecule has 128 valence electrons. The van der Waals surface area contributed by atoms with Gasteiger partial charge in [0.1, 0.15) is 5.82 Å². The molecule has 0 atom stereocenters. The van der Waals surface area contributed by atoms with Crippen molar-refractivity contribution in [3.05, 3.63) is 70.7 Å². The predicted octanol–water partition coefficient (Wildman–Crippen LogP) is 5.09. The molecule has 0 aliphatic heterocycles. The fourth-order valence-electron chi connectivity index (χ4n) is 2.45. The molecule has 5 nitrogen and oxygen atoms in total. The summed E-state index contributed by atoms with van der Waals surface area (Å²) in [5.74, 6) is -0.321. The number of non-ortho nitro benzene ring substituents is 1. The second kappa shape index (κ2) is 7.06. The van der Waals surface area contributed by atoms with E-state index < -0.39 is 4.92 Å². The Kier molecular flexibility index (Phi) is 4.85. The second-order valence-corrected chi connectivity index (χ2v) is 7.26. The van der Waals surface area contributed by atoms with E-state index in [4.69, 9.17) is 0 Å². The Morgan fingerprint density at radius 2 is 1.92 bits per heavy atom. The molecule has 1 heterocycles. The molecule has 25 heavy (non-hydrogen) atoms. The van der Waals surface area contributed by atoms with E-state index in [1.54, 1.807) is 42.2 Å². The lowest BCUT2D eigenvalue weighted by Gasteiger charge is -2.13. The molecule has 0 fully saturated rings. The Labute approximate surface area is 148 Å². The molecule has 0 bridgehead atoms. The number of benzene rings is 2. The average Bonchev–Trinajstić information content (AvgIpc) is 2.98. The van der Waals surface area contributed by atoms with Gasteiger partial charge in [0.05, 0.1) is 16.8 Å². The van der Waals surface area contributed by atoms with Gasteiger partial charge in [0.25, 0.3) is 5.69 Å². The van der Waals surface area contributed by atoms with Crippen LogP contribution in [0.25, 0.3) is 16.9 Å². The lowest BCUT2D eigenvalue weighted by molar-refractivity contribution is -0.384. The normalized spacial score (nSPS) is 11.0. The molecule has 0 amide bonds. The zero-order valence-electron chi connectivity index (χ0n) is 13.7. The highest BCUT2D eigenvalue weighted by Gasteiger charge is 2.17. The molecule has 3 rings (SSSR count). The molecular formula is C18H16FN3O2S. The highest BCUT2D eigenvalue weighted by molar-refractivity contribution is 7.99. The van der Waals surface area contributed by atoms with Crippen LogP contribution >= 0.6 is 11.8 Å². The molecule has 0 spiro atoms. The minimum atomic E-state index is -0.425. The Morgan fingerprint density at radius 3 is 2.56 bits per heavy atom. The Morgan fingerprint density at radius 1 is 1.20 bits per heavy atom. The van der Waals surface area contributed by atoms with Crippen LogP contribution in [0, 0.1) is 15.9 Å². The molecule has 0 radical (unpaired) electrons. The lowest BCUT2D eigenvalue weighted by atomic mass is 10.1. The number of aromatic nitrogens is 2. The first kappa shape index (κ1) is 17.2. The summed E-state index contributed by atoms with van der Waals surface area (Å²) in [6.07, 6.45) is 1.69. The number of halogens is 1. The monoisotopic (exact) mass is 357 g/mol. The standard InChI is InChI=1S/C18H16FN3O2S/c1-12(2)25-18-20-11-17(13-4-3-5-16(10-13)22(23)24)21(18)15-8-6-14(19)7-9-15/h3-12H,1-2H3. The van der Waals surface area contributed by atoms with E-state index in [2.05, 4.69) is 18.8 Å². The highest BCUT2D eigenvalue weighted by atomic mass is 32.2. The fraction of sp³-hybridized carbons (Fsp3) is 0.167. The van der Waals surface area contributed by atoms with Gasteiger partial charge in [-0.25, -0.2) is 9.37 Å². The quantitative estimate of drug-likeness (QED) is 0.363. The fourth-order valence-corrected chi connectivity index (χ4v) is 3.30. The number of nitro benzene ring substituents is 1. The maximum atomic E-state index is 13.3. The SMILES string of the molecule is CC(C)Sc1ncc(-c2cccc([N+](=O)[O-])c2)n1-c1ccc(F)cc1. The third-order valence-corrected chi connectivity index (χ3v) is 4.48. The summed E-state index contributed by atoms with van der Waals surface area (Å²) in [4.78, 5) is 15.1. The number of nitrogens with zero attached hydrogens (tertiary/aromatic N) is 3. The van der Waals surface area contributed by atoms with Crippen LogP contribution in [0.15, 0.2) is 59.9 Å². The van der Waals surface area contributed by atoms with E-state index in [0.717, 1.165) is 16.5 Å². The van der Waals surface area contributed by atoms with Gasteiger partial charge in [-0.15, -0.1) is 0 Å². The summed E-state index contributed by atoms with van der Waals surface area (Å²) in [6, 6.07) is 12.5. The van der Waals surface area contributed by atoms with E-state index in [-0.39, 0.29) is 11.5 Å². The van der Waals surface area contributed by atoms with E-state index in [0.29, 0.717) is 10.8 Å². The predicted molar refractivity (Wildman–Crippen MR) is 96.6 cm³/mol. The van der Waals surface area contributed by atoms with Crippen molar-refractivity contribution in [2.24, 2.45) is 0 Å². The Hall–Kier alpha value is -2.67. The molecule has 0 N–H and O–H groups in total. The van der Waals surface area contributed by atoms with Crippen molar-refractivity contribution in [1.29, 1.82) is 0 Å². The largest absolute Gasteiger partial charge is 0.287 e. The number of thioether (sulfide) groups is 1. The average molecular weight is 357 g/mol. The van der Waals surface area contributed by atoms with Crippen LogP contribution in [0.1, 0.15) is 13.8 Å². The topological polar surface area (TPSA) is 61.0 Å². The van der Waals surface area contributed by atoms with Crippen LogP contribution in [0.5, 0.6) is 0 Å². The summed E-state index contributed by atoms with van der Waals surface area (Å²) in [7, 11) is 0. The number of nitro groups is 1. The van der Waals surface area contributed by atoms with Gasteiger partial charge in [-0.05, 0) is 24.3 Å². The first-order valence-electron chi connectivity index (χ1n) is 7.71. The summed E-state index contributed by atoms with van der Waals surface area (Å²) in [5, 5.41) is 12.1. The van der Waals surface area contributed by atoms with Crippen molar-refractivity contribution in [3.8, 4) is 16.9 Å². The van der Waals surface area contributed by atoms with E-state index in [9.17, 15) is 14.5 Å². The maximum absolute atomic E-state index is 13.3. The number of rotatable bonds is 5. The molecule has 0 saturated heterocycles. The van der Waals surface area contributed by atoms with Crippen LogP contribution in [0.4, 0.5) is 10.1 Å². The maximum Gasteiger partial charge on any atom is 0.270 e. The molecule has 3 aromatic rings.